The number of aromatic nitrogens is 1. The largest absolute Gasteiger partial charge is 0.573 e. The van der Waals surface area contributed by atoms with Crippen molar-refractivity contribution in [2.45, 2.75) is 38.7 Å². The average Bonchev–Trinajstić information content (AvgIpc) is 2.67. The number of piperidine rings is 1. The molecular weight excluding hydrogens is 401 g/mol. The molecule has 1 aliphatic rings. The number of halogens is 3. The lowest BCUT2D eigenvalue weighted by Crippen LogP contribution is -2.42. The lowest BCUT2D eigenvalue weighted by atomic mass is 10.1. The van der Waals surface area contributed by atoms with Gasteiger partial charge in [0.25, 0.3) is 5.91 Å². The fourth-order valence-electron chi connectivity index (χ4n) is 3.23. The zero-order valence-corrected chi connectivity index (χ0v) is 16.3. The Labute approximate surface area is 171 Å². The Balaban J connectivity index is 1.55. The van der Waals surface area contributed by atoms with E-state index in [9.17, 15) is 22.8 Å². The van der Waals surface area contributed by atoms with Crippen LogP contribution in [0.25, 0.3) is 0 Å². The second kappa shape index (κ2) is 9.15. The van der Waals surface area contributed by atoms with Gasteiger partial charge in [-0.15, -0.1) is 13.2 Å². The van der Waals surface area contributed by atoms with E-state index in [1.807, 2.05) is 0 Å². The third-order valence-electron chi connectivity index (χ3n) is 4.53. The fraction of sp³-hybridized carbons (Fsp3) is 0.381. The van der Waals surface area contributed by atoms with Crippen molar-refractivity contribution >= 4 is 11.7 Å². The molecule has 6 nitrogen and oxygen atoms in total. The Morgan fingerprint density at radius 2 is 1.77 bits per heavy atom. The molecule has 1 aromatic heterocycles. The molecule has 0 radical (unpaired) electrons. The summed E-state index contributed by atoms with van der Waals surface area (Å²) in [6, 6.07) is 10.4. The molecule has 0 atom stereocenters. The van der Waals surface area contributed by atoms with Gasteiger partial charge in [-0.1, -0.05) is 12.1 Å². The van der Waals surface area contributed by atoms with Crippen LogP contribution in [0.1, 0.15) is 35.9 Å². The molecule has 0 bridgehead atoms. The first-order chi connectivity index (χ1) is 14.2. The van der Waals surface area contributed by atoms with Gasteiger partial charge in [0.2, 0.25) is 0 Å². The molecule has 9 heteroatoms. The molecule has 1 fully saturated rings. The Morgan fingerprint density at radius 1 is 1.10 bits per heavy atom. The lowest BCUT2D eigenvalue weighted by Gasteiger charge is -2.32. The van der Waals surface area contributed by atoms with Crippen molar-refractivity contribution in [3.63, 3.8) is 0 Å². The summed E-state index contributed by atoms with van der Waals surface area (Å²) in [6.45, 7) is 2.33. The number of benzene rings is 1. The number of pyridine rings is 1. The highest BCUT2D eigenvalue weighted by atomic mass is 19.4. The maximum Gasteiger partial charge on any atom is 0.573 e. The zero-order chi connectivity index (χ0) is 21.7. The predicted molar refractivity (Wildman–Crippen MR) is 101 cm³/mol. The molecule has 0 aliphatic carbocycles. The number of Topliss-reactive ketones (excluding diaryl/α,β-unsaturated/α-hetero) is 1. The summed E-state index contributed by atoms with van der Waals surface area (Å²) in [6.07, 6.45) is -3.76. The number of rotatable bonds is 6. The van der Waals surface area contributed by atoms with Crippen molar-refractivity contribution in [3.8, 4) is 11.5 Å². The maximum atomic E-state index is 12.7. The van der Waals surface area contributed by atoms with E-state index < -0.39 is 6.36 Å². The number of alkyl halides is 3. The second-order valence-corrected chi connectivity index (χ2v) is 7.03. The fourth-order valence-corrected chi connectivity index (χ4v) is 3.23. The van der Waals surface area contributed by atoms with Gasteiger partial charge in [0.1, 0.15) is 29.1 Å². The van der Waals surface area contributed by atoms with Crippen molar-refractivity contribution in [2.75, 3.05) is 13.1 Å². The number of nitrogens with zero attached hydrogens (tertiary/aromatic N) is 2. The van der Waals surface area contributed by atoms with Crippen LogP contribution in [-0.4, -0.2) is 47.1 Å². The van der Waals surface area contributed by atoms with E-state index in [4.69, 9.17) is 4.74 Å². The number of carbonyl (C=O) groups excluding carboxylic acids is 2. The standard InChI is InChI=1S/C21H21F3N2O4/c1-14(27)12-15-4-2-7-19(25-15)20(28)26-10-8-16(9-11-26)29-17-5-3-6-18(13-17)30-21(22,23)24/h2-7,13,16H,8-12H2,1H3. The third-order valence-corrected chi connectivity index (χ3v) is 4.53. The lowest BCUT2D eigenvalue weighted by molar-refractivity contribution is -0.274. The van der Waals surface area contributed by atoms with E-state index in [1.165, 1.54) is 25.1 Å². The van der Waals surface area contributed by atoms with Gasteiger partial charge < -0.3 is 14.4 Å². The van der Waals surface area contributed by atoms with Gasteiger partial charge in [0, 0.05) is 44.1 Å². The van der Waals surface area contributed by atoms with E-state index in [0.717, 1.165) is 0 Å². The molecule has 0 N–H and O–H groups in total. The Hall–Kier alpha value is -3.10. The first-order valence-electron chi connectivity index (χ1n) is 9.47. The number of hydrogen-bond donors (Lipinski definition) is 0. The molecule has 0 saturated carbocycles. The quantitative estimate of drug-likeness (QED) is 0.709. The van der Waals surface area contributed by atoms with E-state index in [-0.39, 0.29) is 41.4 Å². The summed E-state index contributed by atoms with van der Waals surface area (Å²) in [5, 5.41) is 0. The molecule has 2 heterocycles. The molecule has 1 aromatic carbocycles. The molecule has 3 rings (SSSR count). The van der Waals surface area contributed by atoms with Crippen LogP contribution in [0.3, 0.4) is 0 Å². The average molecular weight is 422 g/mol. The van der Waals surface area contributed by atoms with Gasteiger partial charge >= 0.3 is 6.36 Å². The summed E-state index contributed by atoms with van der Waals surface area (Å²) in [5.41, 5.74) is 0.831. The Bertz CT molecular complexity index is 909. The molecule has 30 heavy (non-hydrogen) atoms. The molecule has 2 aromatic rings. The molecule has 160 valence electrons. The van der Waals surface area contributed by atoms with Crippen molar-refractivity contribution in [1.82, 2.24) is 9.88 Å². The molecule has 1 amide bonds. The van der Waals surface area contributed by atoms with Crippen molar-refractivity contribution in [1.29, 1.82) is 0 Å². The summed E-state index contributed by atoms with van der Waals surface area (Å²) in [4.78, 5) is 29.9. The minimum absolute atomic E-state index is 0.0326. The molecule has 0 unspecified atom stereocenters. The summed E-state index contributed by atoms with van der Waals surface area (Å²) in [7, 11) is 0. The second-order valence-electron chi connectivity index (χ2n) is 7.03. The normalized spacial score (nSPS) is 15.0. The van der Waals surface area contributed by atoms with Gasteiger partial charge in [-0.25, -0.2) is 4.98 Å². The molecule has 0 spiro atoms. The summed E-state index contributed by atoms with van der Waals surface area (Å²) in [5.74, 6) is -0.321. The summed E-state index contributed by atoms with van der Waals surface area (Å²) < 4.78 is 46.7. The van der Waals surface area contributed by atoms with Gasteiger partial charge in [-0.3, -0.25) is 9.59 Å². The SMILES string of the molecule is CC(=O)Cc1cccc(C(=O)N2CCC(Oc3cccc(OC(F)(F)F)c3)CC2)n1. The highest BCUT2D eigenvalue weighted by molar-refractivity contribution is 5.92. The molecule has 1 saturated heterocycles. The minimum atomic E-state index is -4.76. The zero-order valence-electron chi connectivity index (χ0n) is 16.3. The number of ether oxygens (including phenoxy) is 2. The number of likely N-dealkylation sites (tertiary alicyclic amines) is 1. The van der Waals surface area contributed by atoms with E-state index >= 15 is 0 Å². The Morgan fingerprint density at radius 3 is 2.43 bits per heavy atom. The number of amides is 1. The van der Waals surface area contributed by atoms with Gasteiger partial charge in [0.05, 0.1) is 0 Å². The Kier molecular flexibility index (Phi) is 6.59. The topological polar surface area (TPSA) is 68.7 Å². The number of hydrogen-bond acceptors (Lipinski definition) is 5. The first kappa shape index (κ1) is 21.6. The van der Waals surface area contributed by atoms with Crippen molar-refractivity contribution < 1.29 is 32.2 Å². The maximum absolute atomic E-state index is 12.7. The number of ketones is 1. The summed E-state index contributed by atoms with van der Waals surface area (Å²) >= 11 is 0. The third kappa shape index (κ3) is 6.20. The van der Waals surface area contributed by atoms with Crippen LogP contribution >= 0.6 is 0 Å². The van der Waals surface area contributed by atoms with Crippen molar-refractivity contribution in [3.05, 3.63) is 53.9 Å². The van der Waals surface area contributed by atoms with Gasteiger partial charge in [-0.05, 0) is 31.2 Å². The number of carbonyl (C=O) groups is 2. The van der Waals surface area contributed by atoms with E-state index in [2.05, 4.69) is 9.72 Å². The molecule has 1 aliphatic heterocycles. The van der Waals surface area contributed by atoms with Crippen LogP contribution in [0, 0.1) is 0 Å². The van der Waals surface area contributed by atoms with Crippen LogP contribution in [0.2, 0.25) is 0 Å². The van der Waals surface area contributed by atoms with Gasteiger partial charge in [0.15, 0.2) is 0 Å². The van der Waals surface area contributed by atoms with Crippen LogP contribution in [0.4, 0.5) is 13.2 Å². The van der Waals surface area contributed by atoms with Crippen molar-refractivity contribution in [2.24, 2.45) is 0 Å². The van der Waals surface area contributed by atoms with Crippen LogP contribution < -0.4 is 9.47 Å². The predicted octanol–water partition coefficient (Wildman–Crippen LogP) is 3.80. The van der Waals surface area contributed by atoms with Crippen LogP contribution in [0.15, 0.2) is 42.5 Å². The highest BCUT2D eigenvalue weighted by Crippen LogP contribution is 2.28. The van der Waals surface area contributed by atoms with Gasteiger partial charge in [-0.2, -0.15) is 0 Å². The molecular formula is C21H21F3N2O4. The van der Waals surface area contributed by atoms with Crippen LogP contribution in [0.5, 0.6) is 11.5 Å². The van der Waals surface area contributed by atoms with Crippen LogP contribution in [-0.2, 0) is 11.2 Å². The smallest absolute Gasteiger partial charge is 0.490 e. The monoisotopic (exact) mass is 422 g/mol. The first-order valence-corrected chi connectivity index (χ1v) is 9.47. The highest BCUT2D eigenvalue weighted by Gasteiger charge is 2.31. The minimum Gasteiger partial charge on any atom is -0.490 e. The van der Waals surface area contributed by atoms with E-state index in [1.54, 1.807) is 29.2 Å². The van der Waals surface area contributed by atoms with E-state index in [0.29, 0.717) is 31.6 Å².